The maximum Gasteiger partial charge on any atom is 0.251 e. The normalized spacial score (nSPS) is 14.9. The van der Waals surface area contributed by atoms with Crippen LogP contribution in [0.15, 0.2) is 53.0 Å². The molecule has 1 atom stereocenters. The molecule has 150 valence electrons. The number of benzene rings is 2. The number of nitrogens with one attached hydrogen (secondary N) is 1. The van der Waals surface area contributed by atoms with Crippen molar-refractivity contribution in [2.75, 3.05) is 13.1 Å². The third-order valence-electron chi connectivity index (χ3n) is 5.28. The number of likely N-dealkylation sites (tertiary alicyclic amines) is 1. The summed E-state index contributed by atoms with van der Waals surface area (Å²) in [5.74, 6) is 0.608. The van der Waals surface area contributed by atoms with Crippen molar-refractivity contribution in [2.24, 2.45) is 0 Å². The van der Waals surface area contributed by atoms with Crippen LogP contribution in [0.25, 0.3) is 11.0 Å². The van der Waals surface area contributed by atoms with Gasteiger partial charge in [-0.3, -0.25) is 9.59 Å². The number of hydrogen-bond acceptors (Lipinski definition) is 3. The molecule has 29 heavy (non-hydrogen) atoms. The topological polar surface area (TPSA) is 67.2 Å². The molecule has 0 saturated carbocycles. The van der Waals surface area contributed by atoms with Crippen LogP contribution in [0.3, 0.4) is 0 Å². The van der Waals surface area contributed by atoms with Crippen LogP contribution in [0, 0.1) is 0 Å². The van der Waals surface area contributed by atoms with Crippen molar-refractivity contribution in [3.8, 4) is 0 Å². The molecule has 1 unspecified atom stereocenters. The molecule has 0 bridgehead atoms. The fourth-order valence-corrected chi connectivity index (χ4v) is 4.00. The lowest BCUT2D eigenvalue weighted by Gasteiger charge is -2.19. The van der Waals surface area contributed by atoms with E-state index in [1.807, 2.05) is 52.8 Å². The Balaban J connectivity index is 1.60. The standard InChI is InChI=1S/C22H23BrN4O2/c1-15(24-22(29)16-8-10-17(23)11-9-16)21-25-18-6-2-3-7-19(18)27(21)14-20(28)26-12-4-5-13-26/h2-3,6-11,15H,4-5,12-14H2,1H3,(H,24,29). The molecule has 1 aliphatic heterocycles. The third kappa shape index (κ3) is 4.19. The van der Waals surface area contributed by atoms with Gasteiger partial charge in [-0.25, -0.2) is 4.98 Å². The van der Waals surface area contributed by atoms with Gasteiger partial charge in [-0.05, 0) is 56.2 Å². The molecule has 6 nitrogen and oxygen atoms in total. The van der Waals surface area contributed by atoms with E-state index in [0.717, 1.165) is 41.4 Å². The minimum atomic E-state index is -0.343. The molecule has 2 aromatic carbocycles. The van der Waals surface area contributed by atoms with Gasteiger partial charge in [0.2, 0.25) is 5.91 Å². The zero-order chi connectivity index (χ0) is 20.4. The number of imidazole rings is 1. The van der Waals surface area contributed by atoms with Gasteiger partial charge in [0.05, 0.1) is 17.1 Å². The highest BCUT2D eigenvalue weighted by molar-refractivity contribution is 9.10. The molecule has 0 spiro atoms. The lowest BCUT2D eigenvalue weighted by Crippen LogP contribution is -2.33. The molecule has 2 heterocycles. The highest BCUT2D eigenvalue weighted by Crippen LogP contribution is 2.22. The third-order valence-corrected chi connectivity index (χ3v) is 5.81. The quantitative estimate of drug-likeness (QED) is 0.635. The lowest BCUT2D eigenvalue weighted by atomic mass is 10.2. The summed E-state index contributed by atoms with van der Waals surface area (Å²) in [5.41, 5.74) is 2.30. The van der Waals surface area contributed by atoms with Gasteiger partial charge in [0, 0.05) is 23.1 Å². The van der Waals surface area contributed by atoms with Crippen LogP contribution in [0.4, 0.5) is 0 Å². The molecule has 1 aromatic heterocycles. The van der Waals surface area contributed by atoms with E-state index in [1.54, 1.807) is 12.1 Å². The number of amides is 2. The number of halogens is 1. The molecule has 0 aliphatic carbocycles. The molecule has 1 saturated heterocycles. The summed E-state index contributed by atoms with van der Waals surface area (Å²) in [6, 6.07) is 14.6. The number of rotatable bonds is 5. The number of fused-ring (bicyclic) bond motifs is 1. The average molecular weight is 455 g/mol. The smallest absolute Gasteiger partial charge is 0.251 e. The van der Waals surface area contributed by atoms with E-state index in [-0.39, 0.29) is 24.4 Å². The summed E-state index contributed by atoms with van der Waals surface area (Å²) in [6.07, 6.45) is 2.12. The Morgan fingerprint density at radius 2 is 1.79 bits per heavy atom. The Morgan fingerprint density at radius 1 is 1.10 bits per heavy atom. The first-order valence-corrected chi connectivity index (χ1v) is 10.6. The molecule has 0 radical (unpaired) electrons. The number of nitrogens with zero attached hydrogens (tertiary/aromatic N) is 3. The van der Waals surface area contributed by atoms with Gasteiger partial charge < -0.3 is 14.8 Å². The van der Waals surface area contributed by atoms with Gasteiger partial charge in [0.1, 0.15) is 12.4 Å². The van der Waals surface area contributed by atoms with Gasteiger partial charge in [0.25, 0.3) is 5.91 Å². The van der Waals surface area contributed by atoms with Crippen molar-refractivity contribution in [1.82, 2.24) is 19.8 Å². The number of hydrogen-bond donors (Lipinski definition) is 1. The summed E-state index contributed by atoms with van der Waals surface area (Å²) in [5, 5.41) is 3.01. The Morgan fingerprint density at radius 3 is 2.52 bits per heavy atom. The predicted molar refractivity (Wildman–Crippen MR) is 116 cm³/mol. The first-order chi connectivity index (χ1) is 14.0. The Bertz CT molecular complexity index is 1040. The van der Waals surface area contributed by atoms with E-state index in [4.69, 9.17) is 4.98 Å². The summed E-state index contributed by atoms with van der Waals surface area (Å²) in [7, 11) is 0. The predicted octanol–water partition coefficient (Wildman–Crippen LogP) is 3.91. The van der Waals surface area contributed by atoms with Gasteiger partial charge in [-0.1, -0.05) is 28.1 Å². The maximum absolute atomic E-state index is 12.8. The van der Waals surface area contributed by atoms with Crippen molar-refractivity contribution in [3.05, 3.63) is 64.4 Å². The second-order valence-corrected chi connectivity index (χ2v) is 8.25. The fraction of sp³-hybridized carbons (Fsp3) is 0.318. The van der Waals surface area contributed by atoms with E-state index in [0.29, 0.717) is 11.4 Å². The highest BCUT2D eigenvalue weighted by atomic mass is 79.9. The summed E-state index contributed by atoms with van der Waals surface area (Å²) in [6.45, 7) is 3.76. The van der Waals surface area contributed by atoms with Gasteiger partial charge in [-0.2, -0.15) is 0 Å². The van der Waals surface area contributed by atoms with Crippen LogP contribution < -0.4 is 5.32 Å². The van der Waals surface area contributed by atoms with Crippen LogP contribution in [0.5, 0.6) is 0 Å². The molecule has 4 rings (SSSR count). The van der Waals surface area contributed by atoms with Gasteiger partial charge in [-0.15, -0.1) is 0 Å². The van der Waals surface area contributed by atoms with E-state index in [2.05, 4.69) is 21.2 Å². The SMILES string of the molecule is CC(NC(=O)c1ccc(Br)cc1)c1nc2ccccc2n1CC(=O)N1CCCC1. The molecule has 1 N–H and O–H groups in total. The number of carbonyl (C=O) groups excluding carboxylic acids is 2. The van der Waals surface area contributed by atoms with Crippen molar-refractivity contribution in [2.45, 2.75) is 32.4 Å². The van der Waals surface area contributed by atoms with E-state index in [9.17, 15) is 9.59 Å². The molecular weight excluding hydrogens is 432 g/mol. The van der Waals surface area contributed by atoms with Crippen molar-refractivity contribution in [1.29, 1.82) is 0 Å². The minimum Gasteiger partial charge on any atom is -0.342 e. The Labute approximate surface area is 178 Å². The minimum absolute atomic E-state index is 0.0957. The average Bonchev–Trinajstić information content (AvgIpc) is 3.37. The zero-order valence-electron chi connectivity index (χ0n) is 16.3. The van der Waals surface area contributed by atoms with E-state index in [1.165, 1.54) is 0 Å². The number of aromatic nitrogens is 2. The highest BCUT2D eigenvalue weighted by Gasteiger charge is 2.23. The fourth-order valence-electron chi connectivity index (χ4n) is 3.74. The van der Waals surface area contributed by atoms with E-state index >= 15 is 0 Å². The Hall–Kier alpha value is -2.67. The van der Waals surface area contributed by atoms with Crippen LogP contribution in [-0.4, -0.2) is 39.4 Å². The first kappa shape index (κ1) is 19.6. The molecule has 2 amide bonds. The first-order valence-electron chi connectivity index (χ1n) is 9.82. The molecule has 7 heteroatoms. The molecular formula is C22H23BrN4O2. The molecule has 1 fully saturated rings. The Kier molecular flexibility index (Phi) is 5.67. The van der Waals surface area contributed by atoms with Crippen LogP contribution in [-0.2, 0) is 11.3 Å². The second-order valence-electron chi connectivity index (χ2n) is 7.33. The summed E-state index contributed by atoms with van der Waals surface area (Å²) < 4.78 is 2.85. The zero-order valence-corrected chi connectivity index (χ0v) is 17.9. The van der Waals surface area contributed by atoms with Crippen molar-refractivity contribution in [3.63, 3.8) is 0 Å². The summed E-state index contributed by atoms with van der Waals surface area (Å²) in [4.78, 5) is 32.1. The van der Waals surface area contributed by atoms with Crippen molar-refractivity contribution >= 4 is 38.8 Å². The monoisotopic (exact) mass is 454 g/mol. The van der Waals surface area contributed by atoms with Gasteiger partial charge >= 0.3 is 0 Å². The van der Waals surface area contributed by atoms with Gasteiger partial charge in [0.15, 0.2) is 0 Å². The second kappa shape index (κ2) is 8.37. The molecule has 3 aromatic rings. The lowest BCUT2D eigenvalue weighted by molar-refractivity contribution is -0.130. The van der Waals surface area contributed by atoms with Crippen LogP contribution in [0.2, 0.25) is 0 Å². The number of carbonyl (C=O) groups is 2. The largest absolute Gasteiger partial charge is 0.342 e. The van der Waals surface area contributed by atoms with Crippen molar-refractivity contribution < 1.29 is 9.59 Å². The maximum atomic E-state index is 12.8. The number of para-hydroxylation sites is 2. The molecule has 1 aliphatic rings. The van der Waals surface area contributed by atoms with Crippen LogP contribution in [0.1, 0.15) is 42.0 Å². The summed E-state index contributed by atoms with van der Waals surface area (Å²) >= 11 is 3.38. The van der Waals surface area contributed by atoms with Crippen LogP contribution >= 0.6 is 15.9 Å². The van der Waals surface area contributed by atoms with E-state index < -0.39 is 0 Å².